The summed E-state index contributed by atoms with van der Waals surface area (Å²) in [7, 11) is 0. The number of carbonyl (C=O) groups is 2. The average Bonchev–Trinajstić information content (AvgIpc) is 3.63. The van der Waals surface area contributed by atoms with Crippen LogP contribution < -0.4 is 11.5 Å². The molecule has 0 spiro atoms. The van der Waals surface area contributed by atoms with E-state index in [0.717, 1.165) is 10.8 Å². The fourth-order valence-corrected chi connectivity index (χ4v) is 11.3. The predicted molar refractivity (Wildman–Crippen MR) is 179 cm³/mol. The number of hydrogen-bond donors (Lipinski definition) is 5. The summed E-state index contributed by atoms with van der Waals surface area (Å²) in [5.41, 5.74) is 12.4. The fraction of sp³-hybridized carbons (Fsp3) is 0.568. The molecule has 1 heterocycles. The Morgan fingerprint density at radius 1 is 1.04 bits per heavy atom. The largest absolute Gasteiger partial charge is 0.478 e. The second-order valence-electron chi connectivity index (χ2n) is 15.4. The first-order valence-electron chi connectivity index (χ1n) is 17.1. The Balaban J connectivity index is 1.41. The second-order valence-corrected chi connectivity index (χ2v) is 15.4. The van der Waals surface area contributed by atoms with Gasteiger partial charge in [-0.25, -0.2) is 9.48 Å². The van der Waals surface area contributed by atoms with Crippen molar-refractivity contribution >= 4 is 28.3 Å². The molecule has 1 aromatic heterocycles. The van der Waals surface area contributed by atoms with Crippen LogP contribution in [-0.2, 0) is 26.4 Å². The number of hydrogen-bond acceptors (Lipinski definition) is 9. The van der Waals surface area contributed by atoms with Crippen molar-refractivity contribution in [3.05, 3.63) is 65.5 Å². The summed E-state index contributed by atoms with van der Waals surface area (Å²) >= 11 is 0. The van der Waals surface area contributed by atoms with E-state index in [1.165, 1.54) is 6.92 Å². The Morgan fingerprint density at radius 2 is 1.77 bits per heavy atom. The zero-order valence-electron chi connectivity index (χ0n) is 28.1. The van der Waals surface area contributed by atoms with Crippen LogP contribution in [0.4, 0.5) is 0 Å². The van der Waals surface area contributed by atoms with Gasteiger partial charge in [0.25, 0.3) is 0 Å². The van der Waals surface area contributed by atoms with Gasteiger partial charge in [0.05, 0.1) is 35.2 Å². The number of carboxylic acids is 1. The van der Waals surface area contributed by atoms with Crippen molar-refractivity contribution < 1.29 is 29.6 Å². The molecule has 256 valence electrons. The van der Waals surface area contributed by atoms with Gasteiger partial charge in [0.15, 0.2) is 0 Å². The minimum absolute atomic E-state index is 0.0951. The van der Waals surface area contributed by atoms with Crippen molar-refractivity contribution in [1.29, 1.82) is 0 Å². The zero-order valence-corrected chi connectivity index (χ0v) is 28.1. The minimum Gasteiger partial charge on any atom is -0.478 e. The van der Waals surface area contributed by atoms with Crippen LogP contribution in [0.15, 0.2) is 54.2 Å². The SMILES string of the molecule is CC(=O)O[C@H]1C[C@@]2(C)[C@@H](C[C@@H](O)[C@@H]3[C@]2(N)CC[C@@]2(n4cc(CN)nn4)[C@H](C)[C@H](O)CC[C@]32C)/C1=C(/C(=O)O)c1ccc2ccccc2c1. The Bertz CT molecular complexity index is 1820. The molecule has 2 aromatic carbocycles. The Morgan fingerprint density at radius 3 is 2.44 bits per heavy atom. The van der Waals surface area contributed by atoms with Crippen molar-refractivity contribution in [2.75, 3.05) is 0 Å². The van der Waals surface area contributed by atoms with Crippen molar-refractivity contribution in [2.24, 2.45) is 40.1 Å². The summed E-state index contributed by atoms with van der Waals surface area (Å²) in [6.45, 7) is 7.88. The topological polar surface area (TPSA) is 187 Å². The lowest BCUT2D eigenvalue weighted by molar-refractivity contribution is -0.237. The van der Waals surface area contributed by atoms with Gasteiger partial charge in [0, 0.05) is 36.3 Å². The van der Waals surface area contributed by atoms with E-state index in [-0.39, 0.29) is 24.5 Å². The van der Waals surface area contributed by atoms with Gasteiger partial charge < -0.3 is 31.5 Å². The van der Waals surface area contributed by atoms with E-state index in [2.05, 4.69) is 24.2 Å². The molecule has 0 unspecified atom stereocenters. The highest BCUT2D eigenvalue weighted by Gasteiger charge is 2.75. The first-order valence-corrected chi connectivity index (χ1v) is 17.1. The number of aliphatic hydroxyl groups excluding tert-OH is 2. The molecule has 48 heavy (non-hydrogen) atoms. The van der Waals surface area contributed by atoms with Crippen LogP contribution >= 0.6 is 0 Å². The second kappa shape index (κ2) is 11.2. The number of esters is 1. The van der Waals surface area contributed by atoms with Crippen LogP contribution in [0.3, 0.4) is 0 Å². The number of benzene rings is 2. The van der Waals surface area contributed by atoms with Gasteiger partial charge in [-0.05, 0) is 77.8 Å². The number of nitrogens with zero attached hydrogens (tertiary/aromatic N) is 3. The predicted octanol–water partition coefficient (Wildman–Crippen LogP) is 3.75. The number of fused-ring (bicyclic) bond motifs is 6. The third-order valence-corrected chi connectivity index (χ3v) is 13.5. The van der Waals surface area contributed by atoms with Crippen molar-refractivity contribution in [2.45, 2.75) is 102 Å². The third-order valence-electron chi connectivity index (χ3n) is 13.5. The standard InChI is InChI=1S/C37H47N5O6/c1-20-27(44)11-12-34(3)32-28(45)16-26-31(30(33(46)47)24-10-9-22-7-5-6-8-23(22)15-24)29(48-21(2)43)17-35(26,4)36(32,39)13-14-37(20,34)42-19-25(18-38)40-41-42/h5-10,15,19-20,26-29,32,44-45H,11-14,16-18,38-39H2,1-4H3,(H,46,47)/b31-30-/t20-,26+,27-,28-,29+,32+,34-,35+,36-,37-/m1/s1. The third kappa shape index (κ3) is 4.33. The fourth-order valence-electron chi connectivity index (χ4n) is 11.3. The van der Waals surface area contributed by atoms with E-state index in [9.17, 15) is 24.9 Å². The Labute approximate surface area is 280 Å². The summed E-state index contributed by atoms with van der Waals surface area (Å²) in [5, 5.41) is 45.3. The lowest BCUT2D eigenvalue weighted by Crippen LogP contribution is -2.78. The molecule has 7 rings (SSSR count). The first-order chi connectivity index (χ1) is 22.7. The average molecular weight is 658 g/mol. The van der Waals surface area contributed by atoms with E-state index >= 15 is 0 Å². The highest BCUT2D eigenvalue weighted by molar-refractivity contribution is 6.17. The van der Waals surface area contributed by atoms with Gasteiger partial charge >= 0.3 is 11.9 Å². The molecular weight excluding hydrogens is 610 g/mol. The van der Waals surface area contributed by atoms with Gasteiger partial charge in [0.2, 0.25) is 0 Å². The van der Waals surface area contributed by atoms with Crippen LogP contribution in [0.5, 0.6) is 0 Å². The van der Waals surface area contributed by atoms with Crippen molar-refractivity contribution in [1.82, 2.24) is 15.0 Å². The quantitative estimate of drug-likeness (QED) is 0.200. The number of aromatic nitrogens is 3. The van der Waals surface area contributed by atoms with E-state index in [4.69, 9.17) is 16.2 Å². The normalized spacial score (nSPS) is 40.1. The van der Waals surface area contributed by atoms with Gasteiger partial charge in [-0.3, -0.25) is 4.79 Å². The molecule has 3 aromatic rings. The molecule has 0 bridgehead atoms. The molecule has 4 fully saturated rings. The molecule has 0 amide bonds. The van der Waals surface area contributed by atoms with Crippen LogP contribution in [-0.4, -0.2) is 66.1 Å². The van der Waals surface area contributed by atoms with E-state index < -0.39 is 64.0 Å². The smallest absolute Gasteiger partial charge is 0.336 e. The first kappa shape index (κ1) is 32.9. The lowest BCUT2D eigenvalue weighted by atomic mass is 9.36. The monoisotopic (exact) mass is 657 g/mol. The number of carboxylic acid groups (broad SMARTS) is 1. The number of ether oxygens (including phenoxy) is 1. The molecule has 4 saturated carbocycles. The summed E-state index contributed by atoms with van der Waals surface area (Å²) < 4.78 is 7.87. The number of carbonyl (C=O) groups excluding carboxylic acids is 1. The van der Waals surface area contributed by atoms with Gasteiger partial charge in [0.1, 0.15) is 6.10 Å². The van der Waals surface area contributed by atoms with Gasteiger partial charge in [-0.2, -0.15) is 0 Å². The summed E-state index contributed by atoms with van der Waals surface area (Å²) in [5.74, 6) is -2.74. The molecule has 4 aliphatic carbocycles. The van der Waals surface area contributed by atoms with Crippen LogP contribution in [0.1, 0.15) is 77.5 Å². The molecule has 10 atom stereocenters. The highest BCUT2D eigenvalue weighted by atomic mass is 16.5. The number of aliphatic carboxylic acids is 1. The molecule has 0 saturated heterocycles. The minimum atomic E-state index is -1.11. The summed E-state index contributed by atoms with van der Waals surface area (Å²) in [4.78, 5) is 25.9. The van der Waals surface area contributed by atoms with Crippen LogP contribution in [0, 0.1) is 28.6 Å². The van der Waals surface area contributed by atoms with Crippen molar-refractivity contribution in [3.8, 4) is 0 Å². The molecule has 0 radical (unpaired) electrons. The molecule has 11 heteroatoms. The van der Waals surface area contributed by atoms with Gasteiger partial charge in [-0.1, -0.05) is 62.4 Å². The maximum Gasteiger partial charge on any atom is 0.336 e. The summed E-state index contributed by atoms with van der Waals surface area (Å²) in [6, 6.07) is 13.3. The molecule has 7 N–H and O–H groups in total. The molecular formula is C37H47N5O6. The molecule has 4 aliphatic rings. The van der Waals surface area contributed by atoms with Crippen LogP contribution in [0.2, 0.25) is 0 Å². The van der Waals surface area contributed by atoms with Crippen molar-refractivity contribution in [3.63, 3.8) is 0 Å². The maximum absolute atomic E-state index is 13.3. The number of aliphatic hydroxyl groups is 2. The maximum atomic E-state index is 13.3. The Hall–Kier alpha value is -3.64. The highest BCUT2D eigenvalue weighted by Crippen LogP contribution is 2.72. The van der Waals surface area contributed by atoms with Gasteiger partial charge in [-0.15, -0.1) is 5.10 Å². The van der Waals surface area contributed by atoms with E-state index in [0.29, 0.717) is 48.9 Å². The Kier molecular flexibility index (Phi) is 7.67. The van der Waals surface area contributed by atoms with Crippen LogP contribution in [0.25, 0.3) is 16.3 Å². The number of nitrogens with two attached hydrogens (primary N) is 2. The zero-order chi connectivity index (χ0) is 34.4. The molecule has 11 nitrogen and oxygen atoms in total. The lowest BCUT2D eigenvalue weighted by Gasteiger charge is -2.71. The summed E-state index contributed by atoms with van der Waals surface area (Å²) in [6.07, 6.45) is 2.33. The molecule has 0 aliphatic heterocycles. The number of rotatable bonds is 5. The van der Waals surface area contributed by atoms with E-state index in [1.807, 2.05) is 54.2 Å². The van der Waals surface area contributed by atoms with E-state index in [1.54, 1.807) is 6.07 Å².